The van der Waals surface area contributed by atoms with Gasteiger partial charge >= 0.3 is 17.9 Å². The van der Waals surface area contributed by atoms with Crippen molar-refractivity contribution in [1.29, 1.82) is 0 Å². The number of rotatable bonds is 52. The van der Waals surface area contributed by atoms with Crippen LogP contribution in [0.2, 0.25) is 0 Å². The zero-order valence-electron chi connectivity index (χ0n) is 46.7. The van der Waals surface area contributed by atoms with Gasteiger partial charge in [-0.05, 0) is 96.3 Å². The summed E-state index contributed by atoms with van der Waals surface area (Å²) in [5.41, 5.74) is 0. The van der Waals surface area contributed by atoms with E-state index in [1.165, 1.54) is 96.3 Å². The van der Waals surface area contributed by atoms with Crippen molar-refractivity contribution < 1.29 is 28.6 Å². The van der Waals surface area contributed by atoms with Crippen LogP contribution in [0.5, 0.6) is 0 Å². The molecular weight excluding hydrogens is 889 g/mol. The Balaban J connectivity index is 4.46. The number of ether oxygens (including phenoxy) is 3. The fourth-order valence-electron chi connectivity index (χ4n) is 7.87. The van der Waals surface area contributed by atoms with Gasteiger partial charge in [-0.2, -0.15) is 0 Å². The topological polar surface area (TPSA) is 78.9 Å². The molecule has 0 aliphatic carbocycles. The van der Waals surface area contributed by atoms with Crippen LogP contribution in [0.15, 0.2) is 122 Å². The van der Waals surface area contributed by atoms with Crippen molar-refractivity contribution in [2.45, 2.75) is 264 Å². The van der Waals surface area contributed by atoms with Crippen LogP contribution in [0.3, 0.4) is 0 Å². The Morgan fingerprint density at radius 1 is 0.292 bits per heavy atom. The third-order valence-electron chi connectivity index (χ3n) is 12.2. The lowest BCUT2D eigenvalue weighted by Crippen LogP contribution is -2.30. The second-order valence-electron chi connectivity index (χ2n) is 19.1. The number of allylic oxidation sites excluding steroid dienone is 20. The van der Waals surface area contributed by atoms with E-state index in [9.17, 15) is 14.4 Å². The standard InChI is InChI=1S/C66H108O6/c1-4-7-10-13-16-19-22-25-27-29-31-32-33-34-35-37-38-41-44-47-50-53-56-59-65(68)71-62-63(61-70-64(67)58-55-52-49-46-43-40-24-21-18-15-12-9-6-3)72-66(69)60-57-54-51-48-45-42-39-36-30-28-26-23-20-17-14-11-8-5-2/h7,9-10,12,16,18-19,21,25,27,31-32,34-35,38,40-41,43,49,52,63H,4-6,8,11,13-15,17,20,22-24,26,28-30,33,36-37,39,42,44-48,50-51,53-62H2,1-3H3/b10-7-,12-9-,19-16-,21-18-,27-25-,32-31-,35-34-,41-38-,43-40-,52-49-. The molecule has 0 aromatic rings. The van der Waals surface area contributed by atoms with Crippen LogP contribution in [0.25, 0.3) is 0 Å². The SMILES string of the molecule is CC/C=C\C/C=C\C/C=C\C/C=C\C/C=C\C/C=C\CCCCCCC(=O)OCC(COC(=O)CC/C=C\C/C=C\C/C=C\C/C=C\CC)OC(=O)CCCCCCCCCCCCCCCCCCCC. The molecular formula is C66H108O6. The molecule has 0 aliphatic rings. The summed E-state index contributed by atoms with van der Waals surface area (Å²) in [7, 11) is 0. The van der Waals surface area contributed by atoms with E-state index in [1.807, 2.05) is 12.2 Å². The predicted octanol–water partition coefficient (Wildman–Crippen LogP) is 20.0. The van der Waals surface area contributed by atoms with Crippen LogP contribution < -0.4 is 0 Å². The van der Waals surface area contributed by atoms with Crippen molar-refractivity contribution in [3.63, 3.8) is 0 Å². The molecule has 0 heterocycles. The van der Waals surface area contributed by atoms with Gasteiger partial charge in [-0.1, -0.05) is 264 Å². The Kier molecular flexibility index (Phi) is 55.9. The summed E-state index contributed by atoms with van der Waals surface area (Å²) in [4.78, 5) is 38.1. The van der Waals surface area contributed by atoms with Crippen molar-refractivity contribution in [2.75, 3.05) is 13.2 Å². The Morgan fingerprint density at radius 3 is 0.931 bits per heavy atom. The van der Waals surface area contributed by atoms with E-state index in [0.29, 0.717) is 19.3 Å². The maximum Gasteiger partial charge on any atom is 0.306 e. The summed E-state index contributed by atoms with van der Waals surface area (Å²) in [6.07, 6.45) is 82.1. The number of unbranched alkanes of at least 4 members (excludes halogenated alkanes) is 21. The highest BCUT2D eigenvalue weighted by Gasteiger charge is 2.19. The molecule has 0 aliphatic heterocycles. The number of hydrogen-bond donors (Lipinski definition) is 0. The number of carbonyl (C=O) groups is 3. The summed E-state index contributed by atoms with van der Waals surface area (Å²) in [6.45, 7) is 6.33. The lowest BCUT2D eigenvalue weighted by atomic mass is 10.0. The lowest BCUT2D eigenvalue weighted by Gasteiger charge is -2.18. The first-order valence-corrected chi connectivity index (χ1v) is 29.5. The molecule has 0 N–H and O–H groups in total. The van der Waals surface area contributed by atoms with Crippen LogP contribution >= 0.6 is 0 Å². The highest BCUT2D eigenvalue weighted by Crippen LogP contribution is 2.16. The fourth-order valence-corrected chi connectivity index (χ4v) is 7.87. The molecule has 1 atom stereocenters. The highest BCUT2D eigenvalue weighted by atomic mass is 16.6. The average molecular weight is 998 g/mol. The average Bonchev–Trinajstić information content (AvgIpc) is 3.38. The smallest absolute Gasteiger partial charge is 0.306 e. The van der Waals surface area contributed by atoms with Crippen molar-refractivity contribution >= 4 is 17.9 Å². The fraction of sp³-hybridized carbons (Fsp3) is 0.652. The number of carbonyl (C=O) groups excluding carboxylic acids is 3. The highest BCUT2D eigenvalue weighted by molar-refractivity contribution is 5.71. The van der Waals surface area contributed by atoms with Crippen molar-refractivity contribution in [3.05, 3.63) is 122 Å². The van der Waals surface area contributed by atoms with Crippen LogP contribution in [-0.2, 0) is 28.6 Å². The predicted molar refractivity (Wildman–Crippen MR) is 311 cm³/mol. The Labute approximate surface area is 443 Å². The minimum atomic E-state index is -0.820. The van der Waals surface area contributed by atoms with E-state index in [1.54, 1.807) is 0 Å². The summed E-state index contributed by atoms with van der Waals surface area (Å²) >= 11 is 0. The molecule has 0 fully saturated rings. The molecule has 0 saturated carbocycles. The minimum absolute atomic E-state index is 0.115. The first-order valence-electron chi connectivity index (χ1n) is 29.5. The Hall–Kier alpha value is -4.19. The van der Waals surface area contributed by atoms with Crippen LogP contribution in [0.4, 0.5) is 0 Å². The van der Waals surface area contributed by atoms with E-state index < -0.39 is 6.10 Å². The lowest BCUT2D eigenvalue weighted by molar-refractivity contribution is -0.166. The number of hydrogen-bond acceptors (Lipinski definition) is 6. The molecule has 1 unspecified atom stereocenters. The minimum Gasteiger partial charge on any atom is -0.462 e. The van der Waals surface area contributed by atoms with Gasteiger partial charge < -0.3 is 14.2 Å². The maximum absolute atomic E-state index is 12.9. The van der Waals surface area contributed by atoms with E-state index in [2.05, 4.69) is 130 Å². The maximum atomic E-state index is 12.9. The molecule has 0 aromatic carbocycles. The molecule has 0 amide bonds. The zero-order chi connectivity index (χ0) is 52.2. The molecule has 0 saturated heterocycles. The molecule has 0 spiro atoms. The Bertz CT molecular complexity index is 1520. The molecule has 6 heteroatoms. The molecule has 6 nitrogen and oxygen atoms in total. The third kappa shape index (κ3) is 56.7. The Morgan fingerprint density at radius 2 is 0.569 bits per heavy atom. The van der Waals surface area contributed by atoms with Gasteiger partial charge in [0.1, 0.15) is 13.2 Å². The van der Waals surface area contributed by atoms with Gasteiger partial charge in [-0.15, -0.1) is 0 Å². The van der Waals surface area contributed by atoms with E-state index in [-0.39, 0.29) is 37.5 Å². The number of esters is 3. The summed E-state index contributed by atoms with van der Waals surface area (Å²) < 4.78 is 16.8. The van der Waals surface area contributed by atoms with Crippen LogP contribution in [-0.4, -0.2) is 37.2 Å². The summed E-state index contributed by atoms with van der Waals surface area (Å²) in [6, 6.07) is 0. The van der Waals surface area contributed by atoms with E-state index in [4.69, 9.17) is 14.2 Å². The quantitative estimate of drug-likeness (QED) is 0.0261. The van der Waals surface area contributed by atoms with Crippen LogP contribution in [0.1, 0.15) is 258 Å². The zero-order valence-corrected chi connectivity index (χ0v) is 46.7. The van der Waals surface area contributed by atoms with Gasteiger partial charge in [0, 0.05) is 19.3 Å². The van der Waals surface area contributed by atoms with Gasteiger partial charge in [0.25, 0.3) is 0 Å². The second-order valence-corrected chi connectivity index (χ2v) is 19.1. The van der Waals surface area contributed by atoms with Crippen LogP contribution in [0, 0.1) is 0 Å². The largest absolute Gasteiger partial charge is 0.462 e. The van der Waals surface area contributed by atoms with Gasteiger partial charge in [0.15, 0.2) is 6.10 Å². The van der Waals surface area contributed by atoms with Crippen molar-refractivity contribution in [3.8, 4) is 0 Å². The van der Waals surface area contributed by atoms with Crippen molar-refractivity contribution in [2.24, 2.45) is 0 Å². The first kappa shape index (κ1) is 67.8. The van der Waals surface area contributed by atoms with Gasteiger partial charge in [-0.25, -0.2) is 0 Å². The monoisotopic (exact) mass is 997 g/mol. The van der Waals surface area contributed by atoms with Crippen molar-refractivity contribution in [1.82, 2.24) is 0 Å². The molecule has 0 rings (SSSR count). The first-order chi connectivity index (χ1) is 35.5. The second kappa shape index (κ2) is 59.4. The molecule has 0 bridgehead atoms. The normalized spacial score (nSPS) is 13.0. The summed E-state index contributed by atoms with van der Waals surface area (Å²) in [5, 5.41) is 0. The molecule has 0 radical (unpaired) electrons. The third-order valence-corrected chi connectivity index (χ3v) is 12.2. The molecule has 408 valence electrons. The van der Waals surface area contributed by atoms with Gasteiger partial charge in [-0.3, -0.25) is 14.4 Å². The molecule has 72 heavy (non-hydrogen) atoms. The van der Waals surface area contributed by atoms with Gasteiger partial charge in [0.2, 0.25) is 0 Å². The van der Waals surface area contributed by atoms with E-state index in [0.717, 1.165) is 116 Å². The molecule has 0 aromatic heterocycles. The van der Waals surface area contributed by atoms with Gasteiger partial charge in [0.05, 0.1) is 0 Å². The summed E-state index contributed by atoms with van der Waals surface area (Å²) in [5.74, 6) is -1.02. The van der Waals surface area contributed by atoms with E-state index >= 15 is 0 Å².